The van der Waals surface area contributed by atoms with Crippen LogP contribution in [0.2, 0.25) is 0 Å². The molecule has 0 N–H and O–H groups in total. The molecule has 0 amide bonds. The summed E-state index contributed by atoms with van der Waals surface area (Å²) in [6.45, 7) is 20.5. The zero-order valence-electron chi connectivity index (χ0n) is 25.1. The number of carbonyl (C=O) groups excluding carboxylic acids is 4. The van der Waals surface area contributed by atoms with Gasteiger partial charge >= 0.3 is 23.9 Å². The van der Waals surface area contributed by atoms with E-state index in [0.29, 0.717) is 11.1 Å². The van der Waals surface area contributed by atoms with Crippen molar-refractivity contribution in [1.82, 2.24) is 0 Å². The van der Waals surface area contributed by atoms with E-state index in [1.165, 1.54) is 27.7 Å². The normalized spacial score (nSPS) is 12.4. The largest absolute Gasteiger partial charge is 0.419 e. The van der Waals surface area contributed by atoms with Crippen LogP contribution in [0.1, 0.15) is 70.9 Å². The van der Waals surface area contributed by atoms with Crippen molar-refractivity contribution in [3.8, 4) is 23.0 Å². The highest BCUT2D eigenvalue weighted by molar-refractivity contribution is 5.93. The second kappa shape index (κ2) is 14.3. The number of esters is 4. The molecular formula is C35H36O8. The van der Waals surface area contributed by atoms with Gasteiger partial charge in [-0.15, -0.1) is 0 Å². The molecule has 0 saturated heterocycles. The van der Waals surface area contributed by atoms with Crippen LogP contribution in [0, 0.1) is 0 Å². The summed E-state index contributed by atoms with van der Waals surface area (Å²) < 4.78 is 22.0. The molecule has 1 fully saturated rings. The summed E-state index contributed by atoms with van der Waals surface area (Å²) in [5.74, 6) is -2.59. The summed E-state index contributed by atoms with van der Waals surface area (Å²) in [4.78, 5) is 49.7. The lowest BCUT2D eigenvalue weighted by Crippen LogP contribution is -2.13. The summed E-state index contributed by atoms with van der Waals surface area (Å²) in [6.07, 6.45) is 4.68. The minimum Gasteiger partial charge on any atom is -0.419 e. The maximum atomic E-state index is 12.5. The molecule has 0 radical (unpaired) electrons. The van der Waals surface area contributed by atoms with Crippen molar-refractivity contribution in [3.05, 3.63) is 102 Å². The first kappa shape index (κ1) is 32.5. The second-order valence-corrected chi connectivity index (χ2v) is 10.5. The third-order valence-corrected chi connectivity index (χ3v) is 6.48. The van der Waals surface area contributed by atoms with Gasteiger partial charge in [-0.05, 0) is 94.3 Å². The van der Waals surface area contributed by atoms with Gasteiger partial charge in [0.05, 0.1) is 0 Å². The van der Waals surface area contributed by atoms with Crippen molar-refractivity contribution < 1.29 is 38.1 Å². The summed E-state index contributed by atoms with van der Waals surface area (Å²) in [5, 5.41) is 0. The molecule has 224 valence electrons. The highest BCUT2D eigenvalue weighted by Gasteiger charge is 2.23. The molecule has 0 heterocycles. The lowest BCUT2D eigenvalue weighted by Gasteiger charge is -2.22. The highest BCUT2D eigenvalue weighted by Crippen LogP contribution is 2.41. The first-order valence-corrected chi connectivity index (χ1v) is 13.8. The molecule has 0 atom stereocenters. The molecule has 2 aromatic rings. The molecule has 1 saturated carbocycles. The molecule has 3 rings (SSSR count). The summed E-state index contributed by atoms with van der Waals surface area (Å²) >= 11 is 0. The maximum absolute atomic E-state index is 12.5. The Hall–Kier alpha value is -4.98. The van der Waals surface area contributed by atoms with Crippen LogP contribution in [-0.4, -0.2) is 23.9 Å². The molecule has 8 heteroatoms. The van der Waals surface area contributed by atoms with E-state index in [1.54, 1.807) is 36.4 Å². The van der Waals surface area contributed by atoms with Crippen LogP contribution in [-0.2, 0) is 19.2 Å². The third-order valence-electron chi connectivity index (χ3n) is 6.48. The molecule has 43 heavy (non-hydrogen) atoms. The molecule has 0 unspecified atom stereocenters. The van der Waals surface area contributed by atoms with E-state index in [1.807, 2.05) is 0 Å². The Labute approximate surface area is 252 Å². The van der Waals surface area contributed by atoms with E-state index in [-0.39, 0.29) is 45.3 Å². The number of benzene rings is 2. The Balaban J connectivity index is 2.23. The predicted octanol–water partition coefficient (Wildman–Crippen LogP) is 7.38. The smallest absolute Gasteiger partial charge is 0.338 e. The standard InChI is InChI=1S/C35H36O8/c1-20(2)32(36)40-27-16-14-25(18-29(27)42-34(38)22(5)6)31(24-12-10-9-11-13-24)26-15-17-28(41-33(37)21(3)4)30(19-26)43-35(39)23(7)8/h14-19H,1,3,5,7,9-13H2,2,4,6,8H3. The van der Waals surface area contributed by atoms with Gasteiger partial charge in [0.1, 0.15) is 0 Å². The molecule has 0 aliphatic heterocycles. The van der Waals surface area contributed by atoms with Gasteiger partial charge < -0.3 is 18.9 Å². The van der Waals surface area contributed by atoms with Gasteiger partial charge in [0.2, 0.25) is 0 Å². The third kappa shape index (κ3) is 8.52. The Morgan fingerprint density at radius 2 is 0.837 bits per heavy atom. The topological polar surface area (TPSA) is 105 Å². The molecule has 1 aliphatic carbocycles. The van der Waals surface area contributed by atoms with Gasteiger partial charge in [-0.3, -0.25) is 0 Å². The monoisotopic (exact) mass is 584 g/mol. The van der Waals surface area contributed by atoms with E-state index < -0.39 is 23.9 Å². The minimum atomic E-state index is -0.686. The van der Waals surface area contributed by atoms with Crippen LogP contribution in [0.4, 0.5) is 0 Å². The molecule has 1 aliphatic rings. The molecule has 0 bridgehead atoms. The van der Waals surface area contributed by atoms with Gasteiger partial charge in [0, 0.05) is 22.3 Å². The second-order valence-electron chi connectivity index (χ2n) is 10.5. The van der Waals surface area contributed by atoms with Gasteiger partial charge in [-0.1, -0.05) is 50.4 Å². The fourth-order valence-electron chi connectivity index (χ4n) is 4.21. The van der Waals surface area contributed by atoms with Crippen LogP contribution < -0.4 is 18.9 Å². The Kier molecular flexibility index (Phi) is 10.8. The fraction of sp³-hybridized carbons (Fsp3) is 0.257. The van der Waals surface area contributed by atoms with Crippen molar-refractivity contribution in [2.45, 2.75) is 59.8 Å². The van der Waals surface area contributed by atoms with Gasteiger partial charge in [-0.2, -0.15) is 0 Å². The van der Waals surface area contributed by atoms with E-state index in [0.717, 1.165) is 43.3 Å². The molecular weight excluding hydrogens is 548 g/mol. The molecule has 2 aromatic carbocycles. The lowest BCUT2D eigenvalue weighted by molar-refractivity contribution is -0.132. The summed E-state index contributed by atoms with van der Waals surface area (Å²) in [6, 6.07) is 9.84. The Morgan fingerprint density at radius 1 is 0.512 bits per heavy atom. The van der Waals surface area contributed by atoms with Crippen LogP contribution >= 0.6 is 0 Å². The van der Waals surface area contributed by atoms with Crippen LogP contribution in [0.3, 0.4) is 0 Å². The Bertz CT molecular complexity index is 1460. The van der Waals surface area contributed by atoms with Crippen molar-refractivity contribution in [2.75, 3.05) is 0 Å². The number of ether oxygens (including phenoxy) is 4. The zero-order chi connectivity index (χ0) is 31.8. The average molecular weight is 585 g/mol. The van der Waals surface area contributed by atoms with Crippen LogP contribution in [0.15, 0.2) is 90.6 Å². The highest BCUT2D eigenvalue weighted by atomic mass is 16.6. The summed E-state index contributed by atoms with van der Waals surface area (Å²) in [5.41, 5.74) is 3.97. The number of hydrogen-bond acceptors (Lipinski definition) is 8. The zero-order valence-corrected chi connectivity index (χ0v) is 25.1. The Morgan fingerprint density at radius 3 is 1.16 bits per heavy atom. The van der Waals surface area contributed by atoms with Crippen molar-refractivity contribution in [1.29, 1.82) is 0 Å². The predicted molar refractivity (Wildman–Crippen MR) is 164 cm³/mol. The van der Waals surface area contributed by atoms with Gasteiger partial charge in [-0.25, -0.2) is 19.2 Å². The van der Waals surface area contributed by atoms with Crippen molar-refractivity contribution in [3.63, 3.8) is 0 Å². The molecule has 0 aromatic heterocycles. The average Bonchev–Trinajstić information content (AvgIpc) is 2.95. The lowest BCUT2D eigenvalue weighted by atomic mass is 9.85. The quantitative estimate of drug-likeness (QED) is 0.162. The minimum absolute atomic E-state index is 0.0231. The number of allylic oxidation sites excluding steroid dienone is 1. The van der Waals surface area contributed by atoms with Crippen LogP contribution in [0.5, 0.6) is 23.0 Å². The summed E-state index contributed by atoms with van der Waals surface area (Å²) in [7, 11) is 0. The van der Waals surface area contributed by atoms with Crippen LogP contribution in [0.25, 0.3) is 5.57 Å². The number of carbonyl (C=O) groups is 4. The van der Waals surface area contributed by atoms with Crippen molar-refractivity contribution in [2.24, 2.45) is 0 Å². The first-order valence-electron chi connectivity index (χ1n) is 13.8. The number of hydrogen-bond donors (Lipinski definition) is 0. The molecule has 0 spiro atoms. The number of rotatable bonds is 10. The first-order chi connectivity index (χ1) is 20.3. The maximum Gasteiger partial charge on any atom is 0.338 e. The molecule has 8 nitrogen and oxygen atoms in total. The van der Waals surface area contributed by atoms with Gasteiger partial charge in [0.25, 0.3) is 0 Å². The van der Waals surface area contributed by atoms with Gasteiger partial charge in [0.15, 0.2) is 23.0 Å². The van der Waals surface area contributed by atoms with E-state index in [9.17, 15) is 19.2 Å². The van der Waals surface area contributed by atoms with Crippen molar-refractivity contribution >= 4 is 29.5 Å². The van der Waals surface area contributed by atoms with E-state index in [2.05, 4.69) is 26.3 Å². The fourth-order valence-corrected chi connectivity index (χ4v) is 4.21. The van der Waals surface area contributed by atoms with E-state index in [4.69, 9.17) is 18.9 Å². The SMILES string of the molecule is C=C(C)C(=O)Oc1ccc(C(=C2CCCCC2)c2ccc(OC(=O)C(=C)C)c(OC(=O)C(=C)C)c2)cc1OC(=O)C(=C)C. The van der Waals surface area contributed by atoms with E-state index >= 15 is 0 Å².